The normalized spacial score (nSPS) is 12.4. The average molecular weight is 1990 g/mol. The second kappa shape index (κ2) is 116. The summed E-state index contributed by atoms with van der Waals surface area (Å²) in [6.45, 7) is 27.4. The van der Waals surface area contributed by atoms with E-state index < -0.39 is 118 Å². The maximum atomic E-state index is 11.6. The number of thiol groups is 5. The van der Waals surface area contributed by atoms with Gasteiger partial charge in [0.2, 0.25) is 23.6 Å². The zero-order chi connectivity index (χ0) is 93.3. The molecule has 0 saturated carbocycles. The summed E-state index contributed by atoms with van der Waals surface area (Å²) >= 11 is 19.6. The van der Waals surface area contributed by atoms with Gasteiger partial charge in [-0.3, -0.25) is 76.7 Å². The van der Waals surface area contributed by atoms with Crippen molar-refractivity contribution in [3.63, 3.8) is 0 Å². The van der Waals surface area contributed by atoms with Crippen LogP contribution in [-0.4, -0.2) is 273 Å². The van der Waals surface area contributed by atoms with Gasteiger partial charge in [0, 0.05) is 57.9 Å². The lowest BCUT2D eigenvalue weighted by molar-refractivity contribution is -0.143. The number of carbonyl (C=O) groups excluding carboxylic acids is 13. The molecule has 4 amide bonds. The Hall–Kier alpha value is -5.17. The van der Waals surface area contributed by atoms with Gasteiger partial charge in [-0.25, -0.2) is 0 Å². The first-order valence-electron chi connectivity index (χ1n) is 35.0. The second-order valence-corrected chi connectivity index (χ2v) is 27.4. The molecule has 32 nitrogen and oxygen atoms in total. The number of esters is 1. The van der Waals surface area contributed by atoms with Gasteiger partial charge in [-0.2, -0.15) is 89.5 Å². The van der Waals surface area contributed by atoms with E-state index in [9.17, 15) is 118 Å². The molecule has 0 unspecified atom stereocenters. The molecule has 126 heavy (non-hydrogen) atoms. The van der Waals surface area contributed by atoms with E-state index in [-0.39, 0.29) is 201 Å². The molecule has 0 aliphatic rings. The summed E-state index contributed by atoms with van der Waals surface area (Å²) in [4.78, 5) is 174. The van der Waals surface area contributed by atoms with E-state index in [1.165, 1.54) is 41.5 Å². The van der Waals surface area contributed by atoms with Gasteiger partial charge in [-0.05, 0) is 115 Å². The fourth-order valence-electron chi connectivity index (χ4n) is 6.67. The number of carbonyl (C=O) groups is 16. The summed E-state index contributed by atoms with van der Waals surface area (Å²) in [6.07, 6.45) is -6.03. The van der Waals surface area contributed by atoms with Crippen LogP contribution in [0, 0.1) is 17.8 Å². The second-order valence-electron chi connectivity index (χ2n) is 23.1. The standard InChI is InChI=1S/C11H20O4S.C10H19NO3S.C10H19NO3.C9H15NO4S.C9H15NO4.C6H9F3OS.C5H9NO3S.C4H9NOS.C2H3F3S.3CH4O.12CH4/c1-4-9(8(3)12)11(14)16-7-6-10(13)15-5-2;1-4-8(6(2)12)10(14)11-9(5-15)7(3)13;1-5-9(8(4)13)10(14)11-6(2)7(3)12;1-3-4-6(12)10-7(5(2)11)8(15)9(13)14;1-3-4-8(12)10-7(6(2)11)5-9(13)14;1-2-3-5(10)11-4-6(7,8)9;1-2(7)3(6)4(10)5(8)9;1-3(6)4(5)2-7;3-2(4,5)1-6;3*1-2;;;;;;;;;;;;/h8-9,12H,4-7H2,1-3H3;6,8-9,12,15H,4-5H2,1-3H3,(H,11,14);6,8-9,13H,5H2,1-4H3,(H,11,14);7-8,15H,3-4H2,1-2H3,(H,10,12)(H,13,14);7H,3-5H2,1-2H3,(H,10,12)(H,13,14);2-4H2,1H3;3-4,10H,6H2,1H3,(H,8,9);4,7H,2,5H2,1H3;6H,1H2;3*2H,1H3;12*1H4/t8-,9+;6-,8+,9+;6-,8+,9-;7-,8-;7-;;3-,4-;4-;;;;;;;;;;;;;;;;/m11010.10................/s1. The minimum atomic E-state index is -4.23. The highest BCUT2D eigenvalue weighted by Crippen LogP contribution is 2.23. The van der Waals surface area contributed by atoms with Crippen LogP contribution in [0.1, 0.15) is 277 Å². The molecule has 0 heterocycles. The summed E-state index contributed by atoms with van der Waals surface area (Å²) in [7, 11) is 3.00. The van der Waals surface area contributed by atoms with Crippen molar-refractivity contribution in [3.05, 3.63) is 0 Å². The number of amides is 4. The third kappa shape index (κ3) is 123. The number of rotatable bonds is 38. The molecule has 0 bridgehead atoms. The summed E-state index contributed by atoms with van der Waals surface area (Å²) in [6, 6.07) is -4.38. The SMILES string of the molecule is C.C.C.C.C.C.C.C.C.C.C.C.CC(=O)[C@@H](N)CS.CC(=O)[C@@H](N)[C@@H](S)C(=O)O.CCCC(=O)N[C@@H](CC(=O)O)C(C)=O.CCCC(=O)N[C@H](C(C)=O)[C@@H](S)C(=O)O.CCCC(=O)SCC(F)(F)F.CCOC(=O)CCSC(=O)[C@@H](CC)[C@@H](C)O.CC[C@H](C(=O)N[C@@H](C)C(C)=O)[C@@H](C)O.CC[C@H](C(=O)N[C@@H](CS)C(C)=O)[C@@H](C)O.CO.CO.CO.FC(F)(F)CS. The van der Waals surface area contributed by atoms with Gasteiger partial charge in [-0.15, -0.1) is 0 Å². The van der Waals surface area contributed by atoms with E-state index in [4.69, 9.17) is 46.8 Å². The molecule has 0 radical (unpaired) electrons. The molecular formula is C81H178F6N6O26S7. The number of aliphatic hydroxyl groups is 6. The fourth-order valence-corrected chi connectivity index (χ4v) is 9.49. The molecular weight excluding hydrogens is 1810 g/mol. The van der Waals surface area contributed by atoms with Crippen molar-refractivity contribution in [2.45, 2.75) is 355 Å². The van der Waals surface area contributed by atoms with Gasteiger partial charge in [0.25, 0.3) is 0 Å². The number of alkyl halides is 6. The molecule has 17 N–H and O–H groups in total. The van der Waals surface area contributed by atoms with Crippen molar-refractivity contribution in [2.24, 2.45) is 29.2 Å². The minimum absolute atomic E-state index is 0. The molecule has 0 aromatic carbocycles. The van der Waals surface area contributed by atoms with Gasteiger partial charge in [0.15, 0.2) is 33.4 Å². The van der Waals surface area contributed by atoms with E-state index in [0.29, 0.717) is 74.8 Å². The number of thioether (sulfide) groups is 2. The third-order valence-corrected chi connectivity index (χ3v) is 17.3. The number of nitrogens with two attached hydrogens (primary N) is 2. The predicted octanol–water partition coefficient (Wildman–Crippen LogP) is 12.7. The number of carboxylic acids is 3. The molecule has 0 spiro atoms. The van der Waals surface area contributed by atoms with Gasteiger partial charge < -0.3 is 83.4 Å². The average Bonchev–Trinajstić information content (AvgIpc) is 0.895. The quantitative estimate of drug-likeness (QED) is 0.0155. The van der Waals surface area contributed by atoms with Gasteiger partial charge >= 0.3 is 36.2 Å². The number of ether oxygens (including phenoxy) is 1. The summed E-state index contributed by atoms with van der Waals surface area (Å²) in [5.74, 6) is -8.49. The highest BCUT2D eigenvalue weighted by molar-refractivity contribution is 8.13. The van der Waals surface area contributed by atoms with Crippen LogP contribution in [0.25, 0.3) is 0 Å². The Kier molecular flexibility index (Phi) is 170. The number of aliphatic hydroxyl groups excluding tert-OH is 6. The van der Waals surface area contributed by atoms with E-state index in [2.05, 4.69) is 84.4 Å². The lowest BCUT2D eigenvalue weighted by Gasteiger charge is -2.20. The number of aliphatic carboxylic acids is 3. The van der Waals surface area contributed by atoms with Gasteiger partial charge in [0.05, 0.1) is 97.2 Å². The Morgan fingerprint density at radius 3 is 0.992 bits per heavy atom. The topological polar surface area (TPSA) is 565 Å². The number of Topliss-reactive ketones (excluding diaryl/α,β-unsaturated/α-hetero) is 6. The zero-order valence-electron chi connectivity index (χ0n) is 68.5. The number of halogens is 6. The Bertz CT molecular complexity index is 2680. The van der Waals surface area contributed by atoms with Crippen LogP contribution in [0.15, 0.2) is 0 Å². The van der Waals surface area contributed by atoms with Crippen LogP contribution in [0.2, 0.25) is 0 Å². The highest BCUT2D eigenvalue weighted by atomic mass is 32.2. The smallest absolute Gasteiger partial charge is 0.398 e. The first-order chi connectivity index (χ1) is 52.4. The molecule has 0 aromatic heterocycles. The molecule has 45 heteroatoms. The van der Waals surface area contributed by atoms with E-state index in [0.717, 1.165) is 33.1 Å². The first kappa shape index (κ1) is 185. The lowest BCUT2D eigenvalue weighted by Crippen LogP contribution is -2.48. The van der Waals surface area contributed by atoms with Crippen molar-refractivity contribution in [2.75, 3.05) is 56.7 Å². The van der Waals surface area contributed by atoms with Crippen molar-refractivity contribution in [1.29, 1.82) is 0 Å². The molecule has 0 saturated heterocycles. The number of carboxylic acid groups (broad SMARTS) is 3. The Balaban J connectivity index is -0.0000000418. The third-order valence-electron chi connectivity index (χ3n) is 13.2. The Morgan fingerprint density at radius 2 is 0.770 bits per heavy atom. The van der Waals surface area contributed by atoms with Crippen LogP contribution in [0.3, 0.4) is 0 Å². The van der Waals surface area contributed by atoms with Gasteiger partial charge in [0.1, 0.15) is 28.1 Å². The summed E-state index contributed by atoms with van der Waals surface area (Å²) in [5, 5.41) is 81.5. The van der Waals surface area contributed by atoms with Crippen LogP contribution < -0.4 is 32.7 Å². The van der Waals surface area contributed by atoms with E-state index >= 15 is 0 Å². The molecule has 0 aromatic rings. The lowest BCUT2D eigenvalue weighted by atomic mass is 9.99. The number of hydrogen-bond donors (Lipinski definition) is 20. The van der Waals surface area contributed by atoms with Gasteiger partial charge in [-0.1, -0.05) is 154 Å². The Morgan fingerprint density at radius 1 is 0.429 bits per heavy atom. The number of hydrogen-bond acceptors (Lipinski definition) is 32. The van der Waals surface area contributed by atoms with Crippen molar-refractivity contribution in [3.8, 4) is 0 Å². The number of ketones is 6. The van der Waals surface area contributed by atoms with Crippen LogP contribution in [0.5, 0.6) is 0 Å². The molecule has 0 fully saturated rings. The van der Waals surface area contributed by atoms with Crippen LogP contribution >= 0.6 is 86.7 Å². The maximum absolute atomic E-state index is 11.6. The first-order valence-corrected chi connectivity index (χ1v) is 39.9. The number of nitrogens with one attached hydrogen (secondary N) is 4. The van der Waals surface area contributed by atoms with Crippen molar-refractivity contribution in [1.82, 2.24) is 21.3 Å². The monoisotopic (exact) mass is 1990 g/mol. The maximum Gasteiger partial charge on any atom is 0.398 e. The Labute approximate surface area is 790 Å². The van der Waals surface area contributed by atoms with E-state index in [1.54, 1.807) is 41.5 Å². The highest BCUT2D eigenvalue weighted by Gasteiger charge is 2.32. The van der Waals surface area contributed by atoms with Crippen molar-refractivity contribution >= 4 is 179 Å². The molecule has 772 valence electrons. The van der Waals surface area contributed by atoms with Crippen LogP contribution in [0.4, 0.5) is 26.3 Å². The zero-order valence-corrected chi connectivity index (χ0v) is 74.6. The summed E-state index contributed by atoms with van der Waals surface area (Å²) < 4.78 is 71.3. The van der Waals surface area contributed by atoms with Crippen LogP contribution in [-0.2, 0) is 81.4 Å². The largest absolute Gasteiger partial charge is 0.481 e. The fraction of sp³-hybridized carbons (Fsp3) is 0.802. The minimum Gasteiger partial charge on any atom is -0.481 e. The molecule has 0 aliphatic heterocycles. The predicted molar refractivity (Wildman–Crippen MR) is 523 cm³/mol. The van der Waals surface area contributed by atoms with E-state index in [1.807, 2.05) is 34.6 Å². The van der Waals surface area contributed by atoms with Crippen molar-refractivity contribution < 1.29 is 154 Å². The molecule has 14 atom stereocenters. The summed E-state index contributed by atoms with van der Waals surface area (Å²) in [5.41, 5.74) is 10.3. The molecule has 0 rings (SSSR count). The molecule has 0 aliphatic carbocycles.